The van der Waals surface area contributed by atoms with Gasteiger partial charge in [0.2, 0.25) is 0 Å². The van der Waals surface area contributed by atoms with Crippen LogP contribution in [0.25, 0.3) is 0 Å². The third-order valence-corrected chi connectivity index (χ3v) is 5.31. The highest BCUT2D eigenvalue weighted by molar-refractivity contribution is 7.91. The average molecular weight is 322 g/mol. The molecule has 0 saturated carbocycles. The Morgan fingerprint density at radius 3 is 2.55 bits per heavy atom. The molecule has 0 aliphatic carbocycles. The molecule has 0 bridgehead atoms. The first kappa shape index (κ1) is 17.4. The summed E-state index contributed by atoms with van der Waals surface area (Å²) in [5, 5.41) is 2.79. The molecule has 1 rings (SSSR count). The summed E-state index contributed by atoms with van der Waals surface area (Å²) >= 11 is 5.76. The molecule has 20 heavy (non-hydrogen) atoms. The second kappa shape index (κ2) is 7.38. The minimum absolute atomic E-state index is 0.0590. The topological polar surface area (TPSA) is 46.2 Å². The molecular weight excluding hydrogens is 301 g/mol. The SMILES string of the molecule is CCCNC(Cc1ccc(F)c(Cl)c1)C(C)S(C)(=O)=O. The molecule has 0 fully saturated rings. The molecule has 1 N–H and O–H groups in total. The lowest BCUT2D eigenvalue weighted by atomic mass is 10.0. The first-order chi connectivity index (χ1) is 9.25. The fourth-order valence-corrected chi connectivity index (χ4v) is 2.95. The van der Waals surface area contributed by atoms with Gasteiger partial charge in [0, 0.05) is 12.3 Å². The van der Waals surface area contributed by atoms with Gasteiger partial charge < -0.3 is 5.32 Å². The molecule has 0 aliphatic rings. The van der Waals surface area contributed by atoms with Crippen LogP contribution in [0.5, 0.6) is 0 Å². The molecular formula is C14H21ClFNO2S. The van der Waals surface area contributed by atoms with E-state index in [2.05, 4.69) is 5.32 Å². The quantitative estimate of drug-likeness (QED) is 0.840. The van der Waals surface area contributed by atoms with E-state index in [4.69, 9.17) is 11.6 Å². The second-order valence-corrected chi connectivity index (χ2v) is 7.86. The summed E-state index contributed by atoms with van der Waals surface area (Å²) in [6.45, 7) is 4.44. The van der Waals surface area contributed by atoms with E-state index in [1.54, 1.807) is 19.1 Å². The van der Waals surface area contributed by atoms with Gasteiger partial charge in [-0.25, -0.2) is 12.8 Å². The first-order valence-electron chi connectivity index (χ1n) is 6.62. The molecule has 0 radical (unpaired) electrons. The van der Waals surface area contributed by atoms with Crippen LogP contribution in [0, 0.1) is 5.82 Å². The molecule has 114 valence electrons. The maximum absolute atomic E-state index is 13.1. The highest BCUT2D eigenvalue weighted by atomic mass is 35.5. The van der Waals surface area contributed by atoms with Crippen LogP contribution in [-0.2, 0) is 16.3 Å². The first-order valence-corrected chi connectivity index (χ1v) is 8.95. The highest BCUT2D eigenvalue weighted by Gasteiger charge is 2.25. The molecule has 1 aromatic carbocycles. The van der Waals surface area contributed by atoms with Crippen molar-refractivity contribution in [3.63, 3.8) is 0 Å². The van der Waals surface area contributed by atoms with Gasteiger partial charge in [0.15, 0.2) is 9.84 Å². The van der Waals surface area contributed by atoms with Gasteiger partial charge in [-0.1, -0.05) is 24.6 Å². The zero-order valence-corrected chi connectivity index (χ0v) is 13.6. The van der Waals surface area contributed by atoms with Crippen LogP contribution in [0.15, 0.2) is 18.2 Å². The predicted octanol–water partition coefficient (Wildman–Crippen LogP) is 2.82. The van der Waals surface area contributed by atoms with E-state index in [1.807, 2.05) is 6.92 Å². The molecule has 0 spiro atoms. The maximum Gasteiger partial charge on any atom is 0.151 e. The van der Waals surface area contributed by atoms with Crippen molar-refractivity contribution in [3.8, 4) is 0 Å². The Hall–Kier alpha value is -0.650. The molecule has 0 saturated heterocycles. The van der Waals surface area contributed by atoms with Gasteiger partial charge in [-0.3, -0.25) is 0 Å². The van der Waals surface area contributed by atoms with Gasteiger partial charge in [0.05, 0.1) is 10.3 Å². The molecule has 0 aromatic heterocycles. The zero-order chi connectivity index (χ0) is 15.3. The highest BCUT2D eigenvalue weighted by Crippen LogP contribution is 2.19. The van der Waals surface area contributed by atoms with E-state index in [-0.39, 0.29) is 11.1 Å². The minimum Gasteiger partial charge on any atom is -0.312 e. The third kappa shape index (κ3) is 5.04. The molecule has 0 heterocycles. The second-order valence-electron chi connectivity index (χ2n) is 5.05. The molecule has 2 unspecified atom stereocenters. The third-order valence-electron chi connectivity index (χ3n) is 3.34. The van der Waals surface area contributed by atoms with Crippen LogP contribution < -0.4 is 5.32 Å². The summed E-state index contributed by atoms with van der Waals surface area (Å²) < 4.78 is 36.6. The number of hydrogen-bond acceptors (Lipinski definition) is 3. The molecule has 2 atom stereocenters. The Kier molecular flexibility index (Phi) is 6.43. The summed E-state index contributed by atoms with van der Waals surface area (Å²) in [6, 6.07) is 4.27. The van der Waals surface area contributed by atoms with Crippen LogP contribution in [0.3, 0.4) is 0 Å². The van der Waals surface area contributed by atoms with Gasteiger partial charge in [-0.15, -0.1) is 0 Å². The Balaban J connectivity index is 2.91. The maximum atomic E-state index is 13.1. The Bertz CT molecular complexity index is 548. The fraction of sp³-hybridized carbons (Fsp3) is 0.571. The van der Waals surface area contributed by atoms with Crippen molar-refractivity contribution in [2.75, 3.05) is 12.8 Å². The lowest BCUT2D eigenvalue weighted by Crippen LogP contribution is -2.44. The molecule has 0 amide bonds. The molecule has 1 aromatic rings. The number of benzene rings is 1. The van der Waals surface area contributed by atoms with Crippen molar-refractivity contribution in [3.05, 3.63) is 34.6 Å². The number of sulfone groups is 1. The van der Waals surface area contributed by atoms with Gasteiger partial charge in [-0.05, 0) is 44.0 Å². The van der Waals surface area contributed by atoms with Crippen LogP contribution in [-0.4, -0.2) is 32.5 Å². The monoisotopic (exact) mass is 321 g/mol. The molecule has 6 heteroatoms. The van der Waals surface area contributed by atoms with Crippen molar-refractivity contribution in [2.24, 2.45) is 0 Å². The van der Waals surface area contributed by atoms with Gasteiger partial charge in [0.25, 0.3) is 0 Å². The summed E-state index contributed by atoms with van der Waals surface area (Å²) in [7, 11) is -3.14. The van der Waals surface area contributed by atoms with Gasteiger partial charge in [-0.2, -0.15) is 0 Å². The van der Waals surface area contributed by atoms with Crippen LogP contribution in [0.4, 0.5) is 4.39 Å². The molecule has 3 nitrogen and oxygen atoms in total. The van der Waals surface area contributed by atoms with Crippen LogP contribution in [0.2, 0.25) is 5.02 Å². The number of hydrogen-bond donors (Lipinski definition) is 1. The Morgan fingerprint density at radius 2 is 2.05 bits per heavy atom. The van der Waals surface area contributed by atoms with Crippen LogP contribution in [0.1, 0.15) is 25.8 Å². The van der Waals surface area contributed by atoms with E-state index in [1.165, 1.54) is 12.3 Å². The average Bonchev–Trinajstić information content (AvgIpc) is 2.36. The standard InChI is InChI=1S/C14H21ClFNO2S/c1-4-7-17-14(10(2)20(3,18)19)9-11-5-6-13(16)12(15)8-11/h5-6,8,10,14,17H,4,7,9H2,1-3H3. The van der Waals surface area contributed by atoms with Crippen molar-refractivity contribution in [1.29, 1.82) is 0 Å². The van der Waals surface area contributed by atoms with E-state index in [0.29, 0.717) is 6.42 Å². The van der Waals surface area contributed by atoms with Crippen molar-refractivity contribution in [1.82, 2.24) is 5.32 Å². The van der Waals surface area contributed by atoms with Crippen molar-refractivity contribution >= 4 is 21.4 Å². The number of rotatable bonds is 7. The Labute approximate surface area is 125 Å². The number of halogens is 2. The van der Waals surface area contributed by atoms with Crippen LogP contribution >= 0.6 is 11.6 Å². The van der Waals surface area contributed by atoms with Gasteiger partial charge in [0.1, 0.15) is 5.82 Å². The summed E-state index contributed by atoms with van der Waals surface area (Å²) in [6.07, 6.45) is 2.64. The van der Waals surface area contributed by atoms with E-state index in [0.717, 1.165) is 18.5 Å². The summed E-state index contributed by atoms with van der Waals surface area (Å²) in [4.78, 5) is 0. The molecule has 0 aliphatic heterocycles. The van der Waals surface area contributed by atoms with E-state index >= 15 is 0 Å². The number of nitrogens with one attached hydrogen (secondary N) is 1. The lowest BCUT2D eigenvalue weighted by molar-refractivity contribution is 0.481. The zero-order valence-electron chi connectivity index (χ0n) is 12.0. The summed E-state index contributed by atoms with van der Waals surface area (Å²) in [5.74, 6) is -0.468. The lowest BCUT2D eigenvalue weighted by Gasteiger charge is -2.24. The van der Waals surface area contributed by atoms with Gasteiger partial charge >= 0.3 is 0 Å². The Morgan fingerprint density at radius 1 is 1.40 bits per heavy atom. The van der Waals surface area contributed by atoms with E-state index in [9.17, 15) is 12.8 Å². The van der Waals surface area contributed by atoms with Crippen molar-refractivity contribution in [2.45, 2.75) is 38.0 Å². The van der Waals surface area contributed by atoms with Crippen molar-refractivity contribution < 1.29 is 12.8 Å². The van der Waals surface area contributed by atoms with E-state index < -0.39 is 20.9 Å². The predicted molar refractivity (Wildman–Crippen MR) is 81.5 cm³/mol. The normalized spacial score (nSPS) is 15.1. The minimum atomic E-state index is -3.14. The largest absolute Gasteiger partial charge is 0.312 e. The fourth-order valence-electron chi connectivity index (χ4n) is 1.95. The smallest absolute Gasteiger partial charge is 0.151 e. The summed E-state index contributed by atoms with van der Waals surface area (Å²) in [5.41, 5.74) is 0.820.